The molecule has 0 fully saturated rings. The van der Waals surface area contributed by atoms with Crippen LogP contribution >= 0.6 is 27.3 Å². The molecule has 1 aromatic rings. The molecule has 60 valence electrons. The second-order valence-corrected chi connectivity index (χ2v) is 4.19. The number of rotatable bonds is 1. The molecule has 0 saturated carbocycles. The van der Waals surface area contributed by atoms with Gasteiger partial charge in [-0.3, -0.25) is 0 Å². The number of carbonyl (C=O) groups excluding carboxylic acids is 1. The lowest BCUT2D eigenvalue weighted by Gasteiger charge is -1.93. The van der Waals surface area contributed by atoms with E-state index in [0.717, 1.165) is 11.3 Å². The van der Waals surface area contributed by atoms with Gasteiger partial charge < -0.3 is 9.84 Å². The van der Waals surface area contributed by atoms with Crippen molar-refractivity contribution in [2.75, 3.05) is 7.11 Å². The lowest BCUT2D eigenvalue weighted by atomic mass is 10.4. The first-order valence-electron chi connectivity index (χ1n) is 2.71. The maximum Gasteiger partial charge on any atom is 0.351 e. The summed E-state index contributed by atoms with van der Waals surface area (Å²) in [5.74, 6) is -0.563. The fraction of sp³-hybridized carbons (Fsp3) is 0.167. The number of carbonyl (C=O) groups is 1. The average Bonchev–Trinajstić information content (AvgIpc) is 2.28. The van der Waals surface area contributed by atoms with E-state index < -0.39 is 5.97 Å². The van der Waals surface area contributed by atoms with Gasteiger partial charge in [-0.1, -0.05) is 0 Å². The Kier molecular flexibility index (Phi) is 2.51. The standard InChI is InChI=1S/C6H5BrO3S/c1-10-6(9)5-3(8)2-4(7)11-5/h2,8H,1H3. The minimum absolute atomic E-state index is 0.0475. The number of methoxy groups -OCH3 is 1. The van der Waals surface area contributed by atoms with Crippen LogP contribution in [0, 0.1) is 0 Å². The maximum absolute atomic E-state index is 10.9. The van der Waals surface area contributed by atoms with Crippen molar-refractivity contribution in [3.63, 3.8) is 0 Å². The number of aromatic hydroxyl groups is 1. The predicted molar refractivity (Wildman–Crippen MR) is 45.0 cm³/mol. The fourth-order valence-electron chi connectivity index (χ4n) is 0.591. The van der Waals surface area contributed by atoms with Crippen molar-refractivity contribution in [2.24, 2.45) is 0 Å². The topological polar surface area (TPSA) is 46.5 Å². The summed E-state index contributed by atoms with van der Waals surface area (Å²) >= 11 is 4.27. The van der Waals surface area contributed by atoms with E-state index >= 15 is 0 Å². The lowest BCUT2D eigenvalue weighted by molar-refractivity contribution is 0.0603. The van der Waals surface area contributed by atoms with Crippen LogP contribution < -0.4 is 0 Å². The third kappa shape index (κ3) is 1.72. The largest absolute Gasteiger partial charge is 0.506 e. The van der Waals surface area contributed by atoms with Crippen LogP contribution in [0.1, 0.15) is 9.67 Å². The van der Waals surface area contributed by atoms with Crippen molar-refractivity contribution in [1.29, 1.82) is 0 Å². The predicted octanol–water partition coefficient (Wildman–Crippen LogP) is 2.00. The Balaban J connectivity index is 3.03. The zero-order valence-electron chi connectivity index (χ0n) is 5.63. The summed E-state index contributed by atoms with van der Waals surface area (Å²) in [6.07, 6.45) is 0. The summed E-state index contributed by atoms with van der Waals surface area (Å²) in [7, 11) is 1.27. The summed E-state index contributed by atoms with van der Waals surface area (Å²) in [6.45, 7) is 0. The molecule has 1 rings (SSSR count). The molecule has 1 N–H and O–H groups in total. The van der Waals surface area contributed by atoms with Crippen molar-refractivity contribution in [1.82, 2.24) is 0 Å². The molecule has 0 aliphatic rings. The first kappa shape index (κ1) is 8.55. The van der Waals surface area contributed by atoms with Gasteiger partial charge in [0.05, 0.1) is 10.9 Å². The van der Waals surface area contributed by atoms with Gasteiger partial charge in [-0.25, -0.2) is 4.79 Å². The van der Waals surface area contributed by atoms with Gasteiger partial charge in [0, 0.05) is 6.07 Å². The molecule has 1 heterocycles. The Morgan fingerprint density at radius 3 is 2.82 bits per heavy atom. The average molecular weight is 237 g/mol. The SMILES string of the molecule is COC(=O)c1sc(Br)cc1O. The normalized spacial score (nSPS) is 9.64. The molecule has 0 unspecified atom stereocenters. The zero-order valence-corrected chi connectivity index (χ0v) is 8.03. The second kappa shape index (κ2) is 3.23. The highest BCUT2D eigenvalue weighted by atomic mass is 79.9. The molecular formula is C6H5BrO3S. The molecule has 5 heteroatoms. The number of esters is 1. The highest BCUT2D eigenvalue weighted by molar-refractivity contribution is 9.11. The van der Waals surface area contributed by atoms with Gasteiger partial charge in [0.1, 0.15) is 5.75 Å². The monoisotopic (exact) mass is 236 g/mol. The highest BCUT2D eigenvalue weighted by Crippen LogP contribution is 2.32. The molecule has 1 aromatic heterocycles. The molecule has 0 saturated heterocycles. The maximum atomic E-state index is 10.9. The molecule has 11 heavy (non-hydrogen) atoms. The van der Waals surface area contributed by atoms with Crippen molar-refractivity contribution in [2.45, 2.75) is 0 Å². The van der Waals surface area contributed by atoms with Crippen LogP contribution in [0.3, 0.4) is 0 Å². The molecule has 0 spiro atoms. The summed E-state index contributed by atoms with van der Waals surface area (Å²) in [6, 6.07) is 1.46. The van der Waals surface area contributed by atoms with Crippen molar-refractivity contribution in [3.8, 4) is 5.75 Å². The third-order valence-corrected chi connectivity index (χ3v) is 2.66. The molecule has 0 aromatic carbocycles. The van der Waals surface area contributed by atoms with Gasteiger partial charge in [0.2, 0.25) is 0 Å². The number of hydrogen-bond donors (Lipinski definition) is 1. The summed E-state index contributed by atoms with van der Waals surface area (Å²) in [4.78, 5) is 11.1. The summed E-state index contributed by atoms with van der Waals surface area (Å²) < 4.78 is 5.13. The van der Waals surface area contributed by atoms with Crippen LogP contribution in [0.15, 0.2) is 9.85 Å². The minimum Gasteiger partial charge on any atom is -0.506 e. The Morgan fingerprint density at radius 2 is 2.45 bits per heavy atom. The van der Waals surface area contributed by atoms with Gasteiger partial charge in [-0.2, -0.15) is 0 Å². The number of hydrogen-bond acceptors (Lipinski definition) is 4. The fourth-order valence-corrected chi connectivity index (χ4v) is 1.99. The van der Waals surface area contributed by atoms with Crippen LogP contribution in [0.25, 0.3) is 0 Å². The van der Waals surface area contributed by atoms with Crippen molar-refractivity contribution in [3.05, 3.63) is 14.7 Å². The van der Waals surface area contributed by atoms with Gasteiger partial charge in [0.25, 0.3) is 0 Å². The van der Waals surface area contributed by atoms with Gasteiger partial charge >= 0.3 is 5.97 Å². The first-order valence-corrected chi connectivity index (χ1v) is 4.32. The molecular weight excluding hydrogens is 232 g/mol. The van der Waals surface area contributed by atoms with Crippen LogP contribution in [0.2, 0.25) is 0 Å². The molecule has 0 radical (unpaired) electrons. The van der Waals surface area contributed by atoms with Crippen LogP contribution in [-0.2, 0) is 4.74 Å². The Morgan fingerprint density at radius 1 is 1.82 bits per heavy atom. The third-order valence-electron chi connectivity index (χ3n) is 1.05. The van der Waals surface area contributed by atoms with Gasteiger partial charge in [-0.05, 0) is 15.9 Å². The second-order valence-electron chi connectivity index (χ2n) is 1.76. The van der Waals surface area contributed by atoms with E-state index in [1.807, 2.05) is 0 Å². The first-order chi connectivity index (χ1) is 5.15. The molecule has 0 bridgehead atoms. The smallest absolute Gasteiger partial charge is 0.351 e. The van der Waals surface area contributed by atoms with Crippen LogP contribution in [0.5, 0.6) is 5.75 Å². The van der Waals surface area contributed by atoms with Crippen molar-refractivity contribution >= 4 is 33.2 Å². The minimum atomic E-state index is -0.516. The zero-order chi connectivity index (χ0) is 8.43. The molecule has 3 nitrogen and oxygen atoms in total. The number of thiophene rings is 1. The molecule has 0 atom stereocenters. The lowest BCUT2D eigenvalue weighted by Crippen LogP contribution is -1.97. The molecule has 0 aliphatic heterocycles. The van der Waals surface area contributed by atoms with E-state index in [4.69, 9.17) is 5.11 Å². The molecule has 0 aliphatic carbocycles. The van der Waals surface area contributed by atoms with E-state index in [2.05, 4.69) is 20.7 Å². The van der Waals surface area contributed by atoms with Crippen LogP contribution in [0.4, 0.5) is 0 Å². The van der Waals surface area contributed by atoms with Gasteiger partial charge in [-0.15, -0.1) is 11.3 Å². The highest BCUT2D eigenvalue weighted by Gasteiger charge is 2.14. The number of halogens is 1. The summed E-state index contributed by atoms with van der Waals surface area (Å²) in [5.41, 5.74) is 0. The summed E-state index contributed by atoms with van der Waals surface area (Å²) in [5, 5.41) is 9.11. The Labute approximate surface area is 75.7 Å². The Hall–Kier alpha value is -0.550. The van der Waals surface area contributed by atoms with E-state index in [1.54, 1.807) is 0 Å². The Bertz CT molecular complexity index is 281. The number of ether oxygens (including phenoxy) is 1. The van der Waals surface area contributed by atoms with E-state index in [1.165, 1.54) is 13.2 Å². The van der Waals surface area contributed by atoms with Gasteiger partial charge in [0.15, 0.2) is 4.88 Å². The molecule has 0 amide bonds. The van der Waals surface area contributed by atoms with E-state index in [9.17, 15) is 4.79 Å². The van der Waals surface area contributed by atoms with E-state index in [-0.39, 0.29) is 10.6 Å². The quantitative estimate of drug-likeness (QED) is 0.760. The van der Waals surface area contributed by atoms with Crippen LogP contribution in [-0.4, -0.2) is 18.2 Å². The van der Waals surface area contributed by atoms with Crippen molar-refractivity contribution < 1.29 is 14.6 Å². The van der Waals surface area contributed by atoms with E-state index in [0.29, 0.717) is 3.79 Å².